The molecule has 1 atom stereocenters. The van der Waals surface area contributed by atoms with Crippen LogP contribution in [0.5, 0.6) is 0 Å². The average Bonchev–Trinajstić information content (AvgIpc) is 2.46. The van der Waals surface area contributed by atoms with E-state index in [9.17, 15) is 0 Å². The third-order valence-electron chi connectivity index (χ3n) is 4.33. The molecule has 1 fully saturated rings. The highest BCUT2D eigenvalue weighted by atomic mass is 15.2. The second kappa shape index (κ2) is 7.80. The average molecular weight is 274 g/mol. The molecule has 1 aromatic carbocycles. The number of rotatable bonds is 6. The summed E-state index contributed by atoms with van der Waals surface area (Å²) in [7, 11) is 0. The first-order valence-electron chi connectivity index (χ1n) is 8.16. The molecule has 0 aromatic heterocycles. The zero-order valence-corrected chi connectivity index (χ0v) is 13.3. The smallest absolute Gasteiger partial charge is 0.0472 e. The van der Waals surface area contributed by atoms with Gasteiger partial charge in [0.1, 0.15) is 0 Å². The Labute approximate surface area is 124 Å². The molecular weight excluding hydrogens is 244 g/mol. The van der Waals surface area contributed by atoms with Gasteiger partial charge in [0.15, 0.2) is 0 Å². The van der Waals surface area contributed by atoms with Crippen LogP contribution >= 0.6 is 0 Å². The number of hydrogen-bond donors (Lipinski definition) is 1. The van der Waals surface area contributed by atoms with Crippen molar-refractivity contribution in [1.29, 1.82) is 0 Å². The first kappa shape index (κ1) is 15.5. The summed E-state index contributed by atoms with van der Waals surface area (Å²) >= 11 is 0. The summed E-state index contributed by atoms with van der Waals surface area (Å²) in [5.41, 5.74) is 1.46. The molecule has 0 radical (unpaired) electrons. The molecule has 2 nitrogen and oxygen atoms in total. The van der Waals surface area contributed by atoms with Gasteiger partial charge in [0.05, 0.1) is 0 Å². The minimum atomic E-state index is 0.530. The highest BCUT2D eigenvalue weighted by Crippen LogP contribution is 2.26. The third kappa shape index (κ3) is 4.60. The van der Waals surface area contributed by atoms with E-state index in [2.05, 4.69) is 61.3 Å². The van der Waals surface area contributed by atoms with Crippen molar-refractivity contribution in [3.8, 4) is 0 Å². The van der Waals surface area contributed by atoms with Crippen LogP contribution < -0.4 is 5.32 Å². The summed E-state index contributed by atoms with van der Waals surface area (Å²) in [4.78, 5) is 2.67. The molecule has 1 saturated heterocycles. The maximum Gasteiger partial charge on any atom is 0.0472 e. The Balaban J connectivity index is 2.00. The molecule has 1 heterocycles. The summed E-state index contributed by atoms with van der Waals surface area (Å²) in [6, 6.07) is 11.5. The van der Waals surface area contributed by atoms with Crippen molar-refractivity contribution in [2.45, 2.75) is 39.7 Å². The lowest BCUT2D eigenvalue weighted by atomic mass is 9.95. The summed E-state index contributed by atoms with van der Waals surface area (Å²) in [5, 5.41) is 3.65. The van der Waals surface area contributed by atoms with Crippen LogP contribution in [-0.4, -0.2) is 31.1 Å². The lowest BCUT2D eigenvalue weighted by Gasteiger charge is -2.37. The van der Waals surface area contributed by atoms with E-state index in [4.69, 9.17) is 0 Å². The molecule has 0 aliphatic carbocycles. The number of likely N-dealkylation sites (tertiary alicyclic amines) is 1. The predicted octanol–water partition coefficient (Wildman–Crippen LogP) is 3.71. The Morgan fingerprint density at radius 1 is 1.10 bits per heavy atom. The number of benzene rings is 1. The van der Waals surface area contributed by atoms with E-state index in [-0.39, 0.29) is 0 Å². The van der Waals surface area contributed by atoms with Gasteiger partial charge in [-0.2, -0.15) is 0 Å². The quantitative estimate of drug-likeness (QED) is 0.851. The molecule has 0 bridgehead atoms. The molecule has 2 heteroatoms. The topological polar surface area (TPSA) is 15.3 Å². The van der Waals surface area contributed by atoms with Crippen LogP contribution in [0.25, 0.3) is 0 Å². The Morgan fingerprint density at radius 3 is 2.35 bits per heavy atom. The number of piperidine rings is 1. The van der Waals surface area contributed by atoms with Crippen LogP contribution in [0.15, 0.2) is 30.3 Å². The van der Waals surface area contributed by atoms with Gasteiger partial charge in [-0.1, -0.05) is 51.1 Å². The molecule has 1 N–H and O–H groups in total. The Hall–Kier alpha value is -0.860. The van der Waals surface area contributed by atoms with Crippen LogP contribution in [-0.2, 0) is 0 Å². The largest absolute Gasteiger partial charge is 0.315 e. The van der Waals surface area contributed by atoms with Gasteiger partial charge < -0.3 is 5.32 Å². The van der Waals surface area contributed by atoms with Crippen molar-refractivity contribution >= 4 is 0 Å². The second-order valence-corrected chi connectivity index (χ2v) is 6.70. The maximum atomic E-state index is 3.65. The third-order valence-corrected chi connectivity index (χ3v) is 4.33. The van der Waals surface area contributed by atoms with Crippen molar-refractivity contribution in [2.75, 3.05) is 26.2 Å². The molecule has 1 unspecified atom stereocenters. The van der Waals surface area contributed by atoms with Gasteiger partial charge in [0, 0.05) is 12.6 Å². The number of nitrogens with zero attached hydrogens (tertiary/aromatic N) is 1. The zero-order chi connectivity index (χ0) is 14.4. The molecule has 1 aliphatic heterocycles. The monoisotopic (exact) mass is 274 g/mol. The van der Waals surface area contributed by atoms with Crippen molar-refractivity contribution in [3.05, 3.63) is 35.9 Å². The van der Waals surface area contributed by atoms with Crippen LogP contribution in [0.2, 0.25) is 0 Å². The van der Waals surface area contributed by atoms with E-state index in [1.807, 2.05) is 0 Å². The Bertz CT molecular complexity index is 366. The molecule has 112 valence electrons. The predicted molar refractivity (Wildman–Crippen MR) is 86.9 cm³/mol. The fourth-order valence-corrected chi connectivity index (χ4v) is 2.98. The van der Waals surface area contributed by atoms with Crippen molar-refractivity contribution in [2.24, 2.45) is 11.8 Å². The van der Waals surface area contributed by atoms with Gasteiger partial charge in [-0.3, -0.25) is 4.90 Å². The molecule has 20 heavy (non-hydrogen) atoms. The minimum Gasteiger partial charge on any atom is -0.315 e. The SMILES string of the molecule is CC(C)CNCC(c1ccccc1)N1CCC(C)CC1. The van der Waals surface area contributed by atoms with E-state index >= 15 is 0 Å². The van der Waals surface area contributed by atoms with E-state index in [0.29, 0.717) is 12.0 Å². The number of hydrogen-bond acceptors (Lipinski definition) is 2. The van der Waals surface area contributed by atoms with E-state index in [1.165, 1.54) is 31.5 Å². The minimum absolute atomic E-state index is 0.530. The summed E-state index contributed by atoms with van der Waals surface area (Å²) in [5.74, 6) is 1.61. The summed E-state index contributed by atoms with van der Waals surface area (Å²) in [6.07, 6.45) is 2.68. The lowest BCUT2D eigenvalue weighted by Crippen LogP contribution is -2.41. The molecule has 1 aliphatic rings. The van der Waals surface area contributed by atoms with Crippen LogP contribution in [0, 0.1) is 11.8 Å². The standard InChI is InChI=1S/C18H30N2/c1-15(2)13-19-14-18(17-7-5-4-6-8-17)20-11-9-16(3)10-12-20/h4-8,15-16,18-19H,9-14H2,1-3H3. The van der Waals surface area contributed by atoms with Crippen molar-refractivity contribution < 1.29 is 0 Å². The number of nitrogens with one attached hydrogen (secondary N) is 1. The first-order valence-corrected chi connectivity index (χ1v) is 8.16. The van der Waals surface area contributed by atoms with Gasteiger partial charge in [-0.05, 0) is 49.9 Å². The van der Waals surface area contributed by atoms with Crippen molar-refractivity contribution in [3.63, 3.8) is 0 Å². The molecule has 0 saturated carbocycles. The van der Waals surface area contributed by atoms with E-state index in [0.717, 1.165) is 19.0 Å². The van der Waals surface area contributed by atoms with Gasteiger partial charge in [-0.15, -0.1) is 0 Å². The fourth-order valence-electron chi connectivity index (χ4n) is 2.98. The van der Waals surface area contributed by atoms with Gasteiger partial charge in [-0.25, -0.2) is 0 Å². The maximum absolute atomic E-state index is 3.65. The highest BCUT2D eigenvalue weighted by Gasteiger charge is 2.24. The van der Waals surface area contributed by atoms with Crippen LogP contribution in [0.3, 0.4) is 0 Å². The molecular formula is C18H30N2. The highest BCUT2D eigenvalue weighted by molar-refractivity contribution is 5.19. The molecule has 1 aromatic rings. The van der Waals surface area contributed by atoms with Gasteiger partial charge in [0.25, 0.3) is 0 Å². The second-order valence-electron chi connectivity index (χ2n) is 6.70. The fraction of sp³-hybridized carbons (Fsp3) is 0.667. The lowest BCUT2D eigenvalue weighted by molar-refractivity contribution is 0.135. The van der Waals surface area contributed by atoms with Gasteiger partial charge >= 0.3 is 0 Å². The van der Waals surface area contributed by atoms with Crippen molar-refractivity contribution in [1.82, 2.24) is 10.2 Å². The molecule has 2 rings (SSSR count). The Morgan fingerprint density at radius 2 is 1.75 bits per heavy atom. The summed E-state index contributed by atoms with van der Waals surface area (Å²) in [6.45, 7) is 11.6. The van der Waals surface area contributed by atoms with Crippen LogP contribution in [0.4, 0.5) is 0 Å². The van der Waals surface area contributed by atoms with E-state index < -0.39 is 0 Å². The first-order chi connectivity index (χ1) is 9.66. The zero-order valence-electron chi connectivity index (χ0n) is 13.3. The van der Waals surface area contributed by atoms with E-state index in [1.54, 1.807) is 0 Å². The summed E-state index contributed by atoms with van der Waals surface area (Å²) < 4.78 is 0. The Kier molecular flexibility index (Phi) is 6.06. The van der Waals surface area contributed by atoms with Gasteiger partial charge in [0.2, 0.25) is 0 Å². The molecule has 0 spiro atoms. The molecule has 0 amide bonds. The normalized spacial score (nSPS) is 19.4. The van der Waals surface area contributed by atoms with Crippen LogP contribution in [0.1, 0.15) is 45.2 Å².